The summed E-state index contributed by atoms with van der Waals surface area (Å²) in [4.78, 5) is 26.7. The van der Waals surface area contributed by atoms with Crippen molar-refractivity contribution in [3.05, 3.63) is 79.6 Å². The summed E-state index contributed by atoms with van der Waals surface area (Å²) in [7, 11) is 3.19. The lowest BCUT2D eigenvalue weighted by Gasteiger charge is -2.39. The predicted molar refractivity (Wildman–Crippen MR) is 133 cm³/mol. The second kappa shape index (κ2) is 7.50. The lowest BCUT2D eigenvalue weighted by Crippen LogP contribution is -2.40. The van der Waals surface area contributed by atoms with E-state index in [0.717, 1.165) is 27.1 Å². The molecule has 9 heteroatoms. The van der Waals surface area contributed by atoms with Gasteiger partial charge < -0.3 is 18.8 Å². The van der Waals surface area contributed by atoms with Gasteiger partial charge in [-0.1, -0.05) is 29.8 Å². The van der Waals surface area contributed by atoms with E-state index < -0.39 is 17.3 Å². The van der Waals surface area contributed by atoms with Gasteiger partial charge in [0, 0.05) is 19.1 Å². The molecule has 2 aromatic heterocycles. The minimum Gasteiger partial charge on any atom is -0.454 e. The number of rotatable bonds is 2. The SMILES string of the molecule is Cn1c(=O)c2c(-c3ccc(Cl)cc3)n3c(c2n(C)c1=O)[C@H](c1ccc2c(c1)OCO2)OCC3(C)C. The standard InChI is InChI=1S/C26H24ClN3O5/c1-26(2)12-33-23(15-7-10-17-18(11-15)35-13-34-17)22-21-19(24(31)29(4)25(32)28(21)3)20(30(22)26)14-5-8-16(27)9-6-14/h5-11,23H,12-13H2,1-4H3/t23-/m0/s1. The fourth-order valence-electron chi connectivity index (χ4n) is 5.21. The molecule has 0 bridgehead atoms. The van der Waals surface area contributed by atoms with Gasteiger partial charge in [-0.05, 0) is 49.2 Å². The van der Waals surface area contributed by atoms with E-state index in [1.807, 2.05) is 30.3 Å². The average molecular weight is 494 g/mol. The van der Waals surface area contributed by atoms with Crippen LogP contribution in [0.4, 0.5) is 0 Å². The molecule has 35 heavy (non-hydrogen) atoms. The monoisotopic (exact) mass is 493 g/mol. The summed E-state index contributed by atoms with van der Waals surface area (Å²) in [6.07, 6.45) is -0.529. The van der Waals surface area contributed by atoms with Gasteiger partial charge >= 0.3 is 5.69 Å². The molecule has 4 aromatic rings. The first-order valence-electron chi connectivity index (χ1n) is 11.3. The van der Waals surface area contributed by atoms with Crippen LogP contribution in [-0.4, -0.2) is 27.1 Å². The summed E-state index contributed by atoms with van der Waals surface area (Å²) in [5.74, 6) is 1.31. The Morgan fingerprint density at radius 2 is 1.69 bits per heavy atom. The maximum absolute atomic E-state index is 13.6. The van der Waals surface area contributed by atoms with Crippen LogP contribution in [0, 0.1) is 0 Å². The molecule has 0 fully saturated rings. The van der Waals surface area contributed by atoms with Gasteiger partial charge in [0.2, 0.25) is 6.79 Å². The van der Waals surface area contributed by atoms with Crippen LogP contribution in [0.2, 0.25) is 5.02 Å². The molecule has 2 aromatic carbocycles. The molecular weight excluding hydrogens is 470 g/mol. The number of nitrogens with zero attached hydrogens (tertiary/aromatic N) is 3. The summed E-state index contributed by atoms with van der Waals surface area (Å²) < 4.78 is 22.4. The van der Waals surface area contributed by atoms with E-state index >= 15 is 0 Å². The third kappa shape index (κ3) is 3.10. The van der Waals surface area contributed by atoms with Crippen molar-refractivity contribution in [3.8, 4) is 22.8 Å². The third-order valence-corrected chi connectivity index (χ3v) is 7.13. The zero-order valence-electron chi connectivity index (χ0n) is 19.8. The van der Waals surface area contributed by atoms with Gasteiger partial charge in [0.05, 0.1) is 34.4 Å². The van der Waals surface area contributed by atoms with E-state index in [9.17, 15) is 9.59 Å². The summed E-state index contributed by atoms with van der Waals surface area (Å²) in [5, 5.41) is 1.07. The highest BCUT2D eigenvalue weighted by molar-refractivity contribution is 6.30. The molecule has 180 valence electrons. The van der Waals surface area contributed by atoms with Gasteiger partial charge in [-0.3, -0.25) is 13.9 Å². The zero-order valence-corrected chi connectivity index (χ0v) is 20.5. The molecular formula is C26H24ClN3O5. The fraction of sp³-hybridized carbons (Fsp3) is 0.308. The lowest BCUT2D eigenvalue weighted by atomic mass is 9.97. The van der Waals surface area contributed by atoms with Crippen molar-refractivity contribution in [2.24, 2.45) is 14.1 Å². The Morgan fingerprint density at radius 3 is 2.43 bits per heavy atom. The number of aromatic nitrogens is 3. The largest absolute Gasteiger partial charge is 0.454 e. The second-order valence-corrected chi connectivity index (χ2v) is 10.1. The zero-order chi connectivity index (χ0) is 24.6. The van der Waals surface area contributed by atoms with Crippen LogP contribution in [0.3, 0.4) is 0 Å². The van der Waals surface area contributed by atoms with E-state index in [2.05, 4.69) is 18.4 Å². The van der Waals surface area contributed by atoms with Crippen molar-refractivity contribution >= 4 is 22.5 Å². The predicted octanol–water partition coefficient (Wildman–Crippen LogP) is 3.94. The molecule has 6 rings (SSSR count). The number of benzene rings is 2. The van der Waals surface area contributed by atoms with E-state index in [0.29, 0.717) is 34.0 Å². The molecule has 0 saturated carbocycles. The molecule has 8 nitrogen and oxygen atoms in total. The Balaban J connectivity index is 1.77. The van der Waals surface area contributed by atoms with Gasteiger partial charge in [-0.2, -0.15) is 0 Å². The van der Waals surface area contributed by atoms with Crippen molar-refractivity contribution in [1.29, 1.82) is 0 Å². The molecule has 2 aliphatic heterocycles. The van der Waals surface area contributed by atoms with E-state index in [1.54, 1.807) is 19.2 Å². The molecule has 0 spiro atoms. The van der Waals surface area contributed by atoms with Gasteiger partial charge in [0.1, 0.15) is 6.10 Å². The number of hydrogen-bond donors (Lipinski definition) is 0. The van der Waals surface area contributed by atoms with Gasteiger partial charge in [0.25, 0.3) is 5.56 Å². The Kier molecular flexibility index (Phi) is 4.72. The van der Waals surface area contributed by atoms with E-state index in [4.69, 9.17) is 25.8 Å². The number of fused-ring (bicyclic) bond motifs is 4. The molecule has 0 amide bonds. The highest BCUT2D eigenvalue weighted by Gasteiger charge is 2.41. The smallest absolute Gasteiger partial charge is 0.331 e. The van der Waals surface area contributed by atoms with Crippen molar-refractivity contribution < 1.29 is 14.2 Å². The number of ether oxygens (including phenoxy) is 3. The fourth-order valence-corrected chi connectivity index (χ4v) is 5.33. The lowest BCUT2D eigenvalue weighted by molar-refractivity contribution is -0.00713. The van der Waals surface area contributed by atoms with Crippen LogP contribution in [0.15, 0.2) is 52.1 Å². The Hall–Kier alpha value is -3.49. The maximum Gasteiger partial charge on any atom is 0.331 e. The van der Waals surface area contributed by atoms with Crippen molar-refractivity contribution in [3.63, 3.8) is 0 Å². The quantitative estimate of drug-likeness (QED) is 0.423. The Bertz CT molecular complexity index is 1630. The summed E-state index contributed by atoms with van der Waals surface area (Å²) in [6, 6.07) is 13.1. The van der Waals surface area contributed by atoms with E-state index in [1.165, 1.54) is 11.6 Å². The van der Waals surface area contributed by atoms with Crippen LogP contribution in [0.25, 0.3) is 22.2 Å². The van der Waals surface area contributed by atoms with Crippen LogP contribution in [0.5, 0.6) is 11.5 Å². The topological polar surface area (TPSA) is 76.6 Å². The number of halogens is 1. The molecule has 0 radical (unpaired) electrons. The molecule has 0 saturated heterocycles. The normalized spacial score (nSPS) is 18.1. The molecule has 2 aliphatic rings. The second-order valence-electron chi connectivity index (χ2n) is 9.62. The van der Waals surface area contributed by atoms with Crippen LogP contribution < -0.4 is 20.7 Å². The summed E-state index contributed by atoms with van der Waals surface area (Å²) >= 11 is 6.18. The average Bonchev–Trinajstić information content (AvgIpc) is 3.45. The van der Waals surface area contributed by atoms with Crippen molar-refractivity contribution in [1.82, 2.24) is 13.7 Å². The first-order valence-corrected chi connectivity index (χ1v) is 11.7. The minimum atomic E-state index is -0.529. The molecule has 1 atom stereocenters. The summed E-state index contributed by atoms with van der Waals surface area (Å²) in [6.45, 7) is 4.69. The Morgan fingerprint density at radius 1 is 0.971 bits per heavy atom. The minimum absolute atomic E-state index is 0.169. The first-order chi connectivity index (χ1) is 16.7. The molecule has 0 unspecified atom stereocenters. The number of aryl methyl sites for hydroxylation is 1. The van der Waals surface area contributed by atoms with Crippen LogP contribution in [0.1, 0.15) is 31.2 Å². The molecule has 0 N–H and O–H groups in total. The third-order valence-electron chi connectivity index (χ3n) is 6.88. The number of hydrogen-bond acceptors (Lipinski definition) is 5. The van der Waals surface area contributed by atoms with Crippen molar-refractivity contribution in [2.75, 3.05) is 13.4 Å². The molecule has 0 aliphatic carbocycles. The first kappa shape index (κ1) is 22.0. The van der Waals surface area contributed by atoms with Crippen molar-refractivity contribution in [2.45, 2.75) is 25.5 Å². The van der Waals surface area contributed by atoms with Crippen LogP contribution >= 0.6 is 11.6 Å². The highest BCUT2D eigenvalue weighted by atomic mass is 35.5. The maximum atomic E-state index is 13.6. The highest BCUT2D eigenvalue weighted by Crippen LogP contribution is 2.47. The van der Waals surface area contributed by atoms with Crippen LogP contribution in [-0.2, 0) is 24.4 Å². The Labute approximate surface area is 205 Å². The van der Waals surface area contributed by atoms with Gasteiger partial charge in [-0.25, -0.2) is 4.79 Å². The van der Waals surface area contributed by atoms with Gasteiger partial charge in [-0.15, -0.1) is 0 Å². The van der Waals surface area contributed by atoms with Gasteiger partial charge in [0.15, 0.2) is 11.5 Å². The molecule has 4 heterocycles. The van der Waals surface area contributed by atoms with E-state index in [-0.39, 0.29) is 12.4 Å². The summed E-state index contributed by atoms with van der Waals surface area (Å²) in [5.41, 5.74) is 2.47.